The van der Waals surface area contributed by atoms with E-state index in [2.05, 4.69) is 20.9 Å². The van der Waals surface area contributed by atoms with E-state index in [4.69, 9.17) is 11.6 Å². The molecule has 0 atom stereocenters. The second kappa shape index (κ2) is 6.17. The Bertz CT molecular complexity index is 589. The van der Waals surface area contributed by atoms with E-state index in [1.54, 1.807) is 36.3 Å². The highest BCUT2D eigenvalue weighted by Crippen LogP contribution is 2.22. The number of halogens is 2. The minimum Gasteiger partial charge on any atom is -0.336 e. The van der Waals surface area contributed by atoms with Crippen molar-refractivity contribution >= 4 is 33.4 Å². The first-order valence-electron chi connectivity index (χ1n) is 5.68. The maximum Gasteiger partial charge on any atom is 0.255 e. The van der Waals surface area contributed by atoms with E-state index < -0.39 is 0 Å². The molecule has 0 spiro atoms. The zero-order valence-corrected chi connectivity index (χ0v) is 12.6. The lowest BCUT2D eigenvalue weighted by Gasteiger charge is -2.17. The molecule has 0 aliphatic rings. The predicted molar refractivity (Wildman–Crippen MR) is 79.2 cm³/mol. The number of hydrogen-bond acceptors (Lipinski definition) is 2. The SMILES string of the molecule is CN(Cc1ccccn1)C(=O)c1cc(Br)ccc1Cl. The molecule has 19 heavy (non-hydrogen) atoms. The van der Waals surface area contributed by atoms with E-state index in [-0.39, 0.29) is 5.91 Å². The number of carbonyl (C=O) groups excluding carboxylic acids is 1. The normalized spacial score (nSPS) is 10.3. The van der Waals surface area contributed by atoms with Crippen LogP contribution < -0.4 is 0 Å². The second-order valence-electron chi connectivity index (χ2n) is 4.11. The molecular formula is C14H12BrClN2O. The van der Waals surface area contributed by atoms with Gasteiger partial charge in [0.2, 0.25) is 0 Å². The third-order valence-electron chi connectivity index (χ3n) is 2.63. The average molecular weight is 340 g/mol. The molecule has 3 nitrogen and oxygen atoms in total. The Hall–Kier alpha value is -1.39. The van der Waals surface area contributed by atoms with Gasteiger partial charge < -0.3 is 4.90 Å². The molecule has 0 fully saturated rings. The van der Waals surface area contributed by atoms with Gasteiger partial charge in [-0.15, -0.1) is 0 Å². The Morgan fingerprint density at radius 3 is 2.84 bits per heavy atom. The molecular weight excluding hydrogens is 328 g/mol. The zero-order valence-electron chi connectivity index (χ0n) is 10.3. The van der Waals surface area contributed by atoms with E-state index in [9.17, 15) is 4.79 Å². The number of hydrogen-bond donors (Lipinski definition) is 0. The van der Waals surface area contributed by atoms with Gasteiger partial charge in [0.25, 0.3) is 5.91 Å². The molecule has 0 aliphatic carbocycles. The van der Waals surface area contributed by atoms with Crippen molar-refractivity contribution in [3.8, 4) is 0 Å². The van der Waals surface area contributed by atoms with Gasteiger partial charge in [0.1, 0.15) is 0 Å². The summed E-state index contributed by atoms with van der Waals surface area (Å²) in [6, 6.07) is 10.8. The number of amides is 1. The van der Waals surface area contributed by atoms with E-state index in [1.165, 1.54) is 0 Å². The average Bonchev–Trinajstić information content (AvgIpc) is 2.42. The quantitative estimate of drug-likeness (QED) is 0.853. The summed E-state index contributed by atoms with van der Waals surface area (Å²) in [4.78, 5) is 18.1. The maximum atomic E-state index is 12.3. The van der Waals surface area contributed by atoms with Gasteiger partial charge in [0.15, 0.2) is 0 Å². The van der Waals surface area contributed by atoms with Crippen LogP contribution in [0.5, 0.6) is 0 Å². The zero-order chi connectivity index (χ0) is 13.8. The van der Waals surface area contributed by atoms with Crippen molar-refractivity contribution in [1.29, 1.82) is 0 Å². The van der Waals surface area contributed by atoms with Gasteiger partial charge in [-0.2, -0.15) is 0 Å². The Kier molecular flexibility index (Phi) is 4.56. The first-order valence-corrected chi connectivity index (χ1v) is 6.85. The number of benzene rings is 1. The van der Waals surface area contributed by atoms with Crippen LogP contribution in [0.3, 0.4) is 0 Å². The molecule has 0 radical (unpaired) electrons. The van der Waals surface area contributed by atoms with Gasteiger partial charge in [0, 0.05) is 17.7 Å². The van der Waals surface area contributed by atoms with E-state index in [0.717, 1.165) is 10.2 Å². The standard InChI is InChI=1S/C14H12BrClN2O/c1-18(9-11-4-2-3-7-17-11)14(19)12-8-10(15)5-6-13(12)16/h2-8H,9H2,1H3. The number of carbonyl (C=O) groups is 1. The molecule has 2 rings (SSSR count). The monoisotopic (exact) mass is 338 g/mol. The Labute approximate surface area is 125 Å². The smallest absolute Gasteiger partial charge is 0.255 e. The third-order valence-corrected chi connectivity index (χ3v) is 3.45. The van der Waals surface area contributed by atoms with E-state index in [0.29, 0.717) is 17.1 Å². The third kappa shape index (κ3) is 3.55. The van der Waals surface area contributed by atoms with Crippen LogP contribution in [0.2, 0.25) is 5.02 Å². The molecule has 0 aliphatic heterocycles. The van der Waals surface area contributed by atoms with Crippen molar-refractivity contribution in [2.75, 3.05) is 7.05 Å². The minimum atomic E-state index is -0.128. The first-order chi connectivity index (χ1) is 9.08. The van der Waals surface area contributed by atoms with Crippen LogP contribution in [0.4, 0.5) is 0 Å². The van der Waals surface area contributed by atoms with Gasteiger partial charge in [-0.1, -0.05) is 33.6 Å². The summed E-state index contributed by atoms with van der Waals surface area (Å²) in [5, 5.41) is 0.445. The van der Waals surface area contributed by atoms with Crippen LogP contribution >= 0.6 is 27.5 Å². The lowest BCUT2D eigenvalue weighted by molar-refractivity contribution is 0.0783. The molecule has 1 aromatic heterocycles. The highest BCUT2D eigenvalue weighted by Gasteiger charge is 2.16. The van der Waals surface area contributed by atoms with Crippen LogP contribution in [0.15, 0.2) is 47.1 Å². The van der Waals surface area contributed by atoms with Gasteiger partial charge >= 0.3 is 0 Å². The molecule has 0 saturated heterocycles. The number of aromatic nitrogens is 1. The summed E-state index contributed by atoms with van der Waals surface area (Å²) in [5.41, 5.74) is 1.32. The molecule has 1 amide bonds. The summed E-state index contributed by atoms with van der Waals surface area (Å²) < 4.78 is 0.825. The molecule has 0 N–H and O–H groups in total. The Morgan fingerprint density at radius 1 is 1.37 bits per heavy atom. The summed E-state index contributed by atoms with van der Waals surface area (Å²) in [6.07, 6.45) is 1.71. The van der Waals surface area contributed by atoms with Crippen molar-refractivity contribution in [1.82, 2.24) is 9.88 Å². The lowest BCUT2D eigenvalue weighted by atomic mass is 10.2. The van der Waals surface area contributed by atoms with Gasteiger partial charge in [-0.3, -0.25) is 9.78 Å². The van der Waals surface area contributed by atoms with Crippen molar-refractivity contribution in [3.05, 3.63) is 63.3 Å². The highest BCUT2D eigenvalue weighted by atomic mass is 79.9. The summed E-state index contributed by atoms with van der Waals surface area (Å²) >= 11 is 9.39. The topological polar surface area (TPSA) is 33.2 Å². The summed E-state index contributed by atoms with van der Waals surface area (Å²) in [7, 11) is 1.73. The van der Waals surface area contributed by atoms with Crippen molar-refractivity contribution < 1.29 is 4.79 Å². The largest absolute Gasteiger partial charge is 0.336 e. The predicted octanol–water partition coefficient (Wildman–Crippen LogP) is 3.77. The fraction of sp³-hybridized carbons (Fsp3) is 0.143. The molecule has 0 unspecified atom stereocenters. The van der Waals surface area contributed by atoms with E-state index in [1.807, 2.05) is 18.2 Å². The molecule has 5 heteroatoms. The minimum absolute atomic E-state index is 0.128. The molecule has 1 heterocycles. The fourth-order valence-electron chi connectivity index (χ4n) is 1.67. The van der Waals surface area contributed by atoms with Crippen molar-refractivity contribution in [2.24, 2.45) is 0 Å². The van der Waals surface area contributed by atoms with Crippen molar-refractivity contribution in [2.45, 2.75) is 6.54 Å². The number of pyridine rings is 1. The van der Waals surface area contributed by atoms with Crippen LogP contribution in [0.25, 0.3) is 0 Å². The number of nitrogens with zero attached hydrogens (tertiary/aromatic N) is 2. The molecule has 1 aromatic carbocycles. The molecule has 0 bridgehead atoms. The van der Waals surface area contributed by atoms with Crippen molar-refractivity contribution in [3.63, 3.8) is 0 Å². The van der Waals surface area contributed by atoms with Gasteiger partial charge in [0.05, 0.1) is 22.8 Å². The Morgan fingerprint density at radius 2 is 2.16 bits per heavy atom. The Balaban J connectivity index is 2.17. The van der Waals surface area contributed by atoms with Crippen LogP contribution in [0.1, 0.15) is 16.1 Å². The molecule has 0 saturated carbocycles. The maximum absolute atomic E-state index is 12.3. The van der Waals surface area contributed by atoms with Gasteiger partial charge in [-0.05, 0) is 30.3 Å². The lowest BCUT2D eigenvalue weighted by Crippen LogP contribution is -2.26. The van der Waals surface area contributed by atoms with Crippen LogP contribution in [-0.2, 0) is 6.54 Å². The second-order valence-corrected chi connectivity index (χ2v) is 5.43. The molecule has 98 valence electrons. The fourth-order valence-corrected chi connectivity index (χ4v) is 2.23. The summed E-state index contributed by atoms with van der Waals surface area (Å²) in [5.74, 6) is -0.128. The van der Waals surface area contributed by atoms with E-state index >= 15 is 0 Å². The summed E-state index contributed by atoms with van der Waals surface area (Å²) in [6.45, 7) is 0.447. The first kappa shape index (κ1) is 14.0. The number of rotatable bonds is 3. The molecule has 2 aromatic rings. The van der Waals surface area contributed by atoms with Crippen LogP contribution in [0, 0.1) is 0 Å². The van der Waals surface area contributed by atoms with Gasteiger partial charge in [-0.25, -0.2) is 0 Å². The van der Waals surface area contributed by atoms with Crippen LogP contribution in [-0.4, -0.2) is 22.8 Å². The highest BCUT2D eigenvalue weighted by molar-refractivity contribution is 9.10.